The predicted molar refractivity (Wildman–Crippen MR) is 140 cm³/mol. The van der Waals surface area contributed by atoms with Crippen molar-refractivity contribution in [3.8, 4) is 5.75 Å². The summed E-state index contributed by atoms with van der Waals surface area (Å²) in [4.78, 5) is 4.72. The van der Waals surface area contributed by atoms with Gasteiger partial charge in [-0.2, -0.15) is 0 Å². The van der Waals surface area contributed by atoms with Crippen LogP contribution in [-0.2, 0) is 25.9 Å². The van der Waals surface area contributed by atoms with Gasteiger partial charge in [0.15, 0.2) is 5.96 Å². The number of nitrogens with one attached hydrogen (secondary N) is 2. The number of benzene rings is 2. The number of hydrogen-bond donors (Lipinski definition) is 2. The number of methoxy groups -OCH3 is 1. The molecule has 2 N–H and O–H groups in total. The van der Waals surface area contributed by atoms with Gasteiger partial charge < -0.3 is 19.9 Å². The summed E-state index contributed by atoms with van der Waals surface area (Å²) in [6.07, 6.45) is 3.49. The lowest BCUT2D eigenvalue weighted by atomic mass is 10.1. The molecule has 2 aromatic carbocycles. The van der Waals surface area contributed by atoms with Crippen LogP contribution in [0.5, 0.6) is 5.75 Å². The first-order chi connectivity index (χ1) is 15.2. The fraction of sp³-hybridized carbons (Fsp3) is 0.348. The average Bonchev–Trinajstić information content (AvgIpc) is 3.26. The van der Waals surface area contributed by atoms with E-state index in [1.54, 1.807) is 13.4 Å². The van der Waals surface area contributed by atoms with Crippen LogP contribution < -0.4 is 15.4 Å². The summed E-state index contributed by atoms with van der Waals surface area (Å²) in [5.41, 5.74) is 2.23. The van der Waals surface area contributed by atoms with Crippen molar-refractivity contribution in [3.63, 3.8) is 0 Å². The molecule has 0 radical (unpaired) electrons. The lowest BCUT2D eigenvalue weighted by Gasteiger charge is -2.14. The summed E-state index contributed by atoms with van der Waals surface area (Å²) in [6.45, 7) is 4.81. The zero-order chi connectivity index (χ0) is 21.9. The summed E-state index contributed by atoms with van der Waals surface area (Å²) in [6, 6.07) is 15.9. The highest BCUT2D eigenvalue weighted by molar-refractivity contribution is 14.0. The summed E-state index contributed by atoms with van der Waals surface area (Å²) < 4.78 is 7.27. The molecule has 1 heterocycles. The second-order valence-electron chi connectivity index (χ2n) is 7.00. The minimum Gasteiger partial charge on any atom is -0.497 e. The van der Waals surface area contributed by atoms with E-state index in [1.165, 1.54) is 5.56 Å². The van der Waals surface area contributed by atoms with Crippen molar-refractivity contribution in [3.05, 3.63) is 76.8 Å². The third-order valence-corrected chi connectivity index (χ3v) is 5.26. The molecule has 0 spiro atoms. The van der Waals surface area contributed by atoms with E-state index in [1.807, 2.05) is 36.4 Å². The van der Waals surface area contributed by atoms with Crippen LogP contribution in [0.15, 0.2) is 59.9 Å². The van der Waals surface area contributed by atoms with Crippen molar-refractivity contribution in [1.82, 2.24) is 25.4 Å². The lowest BCUT2D eigenvalue weighted by Crippen LogP contribution is -2.40. The maximum Gasteiger partial charge on any atom is 0.191 e. The Balaban J connectivity index is 0.00000363. The van der Waals surface area contributed by atoms with E-state index in [-0.39, 0.29) is 24.0 Å². The number of ether oxygens (including phenoxy) is 1. The number of aliphatic imine (C=N–C) groups is 1. The third kappa shape index (κ3) is 7.98. The normalized spacial score (nSPS) is 11.0. The molecule has 172 valence electrons. The SMILES string of the molecule is CCc1nncn1CCNC(=NCc1ccccc1Cl)NCCc1ccc(OC)cc1.I. The Labute approximate surface area is 211 Å². The van der Waals surface area contributed by atoms with E-state index < -0.39 is 0 Å². The number of rotatable bonds is 10. The molecular formula is C23H30ClIN6O. The molecule has 7 nitrogen and oxygen atoms in total. The Kier molecular flexibility index (Phi) is 11.3. The van der Waals surface area contributed by atoms with Crippen molar-refractivity contribution in [2.24, 2.45) is 4.99 Å². The molecule has 0 aliphatic heterocycles. The van der Waals surface area contributed by atoms with Crippen LogP contribution in [0.2, 0.25) is 5.02 Å². The van der Waals surface area contributed by atoms with Crippen molar-refractivity contribution < 1.29 is 4.74 Å². The van der Waals surface area contributed by atoms with E-state index in [2.05, 4.69) is 44.5 Å². The quantitative estimate of drug-likeness (QED) is 0.219. The number of nitrogens with zero attached hydrogens (tertiary/aromatic N) is 4. The molecule has 0 aliphatic carbocycles. The van der Waals surface area contributed by atoms with Crippen LogP contribution in [-0.4, -0.2) is 40.9 Å². The van der Waals surface area contributed by atoms with Crippen molar-refractivity contribution in [1.29, 1.82) is 0 Å². The predicted octanol–water partition coefficient (Wildman–Crippen LogP) is 4.10. The fourth-order valence-corrected chi connectivity index (χ4v) is 3.31. The molecule has 9 heteroatoms. The van der Waals surface area contributed by atoms with Crippen molar-refractivity contribution >= 4 is 41.5 Å². The summed E-state index contributed by atoms with van der Waals surface area (Å²) in [5.74, 6) is 2.59. The molecule has 0 atom stereocenters. The summed E-state index contributed by atoms with van der Waals surface area (Å²) in [5, 5.41) is 15.7. The van der Waals surface area contributed by atoms with E-state index in [0.29, 0.717) is 13.1 Å². The second-order valence-corrected chi connectivity index (χ2v) is 7.41. The second kappa shape index (κ2) is 13.9. The Morgan fingerprint density at radius 2 is 1.84 bits per heavy atom. The highest BCUT2D eigenvalue weighted by atomic mass is 127. The summed E-state index contributed by atoms with van der Waals surface area (Å²) >= 11 is 6.28. The zero-order valence-corrected chi connectivity index (χ0v) is 21.5. The maximum absolute atomic E-state index is 6.28. The van der Waals surface area contributed by atoms with E-state index in [9.17, 15) is 0 Å². The lowest BCUT2D eigenvalue weighted by molar-refractivity contribution is 0.414. The van der Waals surface area contributed by atoms with Crippen LogP contribution in [0, 0.1) is 0 Å². The highest BCUT2D eigenvalue weighted by Gasteiger charge is 2.04. The molecular weight excluding hydrogens is 539 g/mol. The van der Waals surface area contributed by atoms with E-state index in [4.69, 9.17) is 21.3 Å². The summed E-state index contributed by atoms with van der Waals surface area (Å²) in [7, 11) is 1.67. The first-order valence-electron chi connectivity index (χ1n) is 10.4. The van der Waals surface area contributed by atoms with Gasteiger partial charge in [0.25, 0.3) is 0 Å². The van der Waals surface area contributed by atoms with Crippen molar-refractivity contribution in [2.75, 3.05) is 20.2 Å². The fourth-order valence-electron chi connectivity index (χ4n) is 3.12. The molecule has 0 saturated heterocycles. The monoisotopic (exact) mass is 568 g/mol. The van der Waals surface area contributed by atoms with Gasteiger partial charge in [-0.05, 0) is 35.7 Å². The van der Waals surface area contributed by atoms with Gasteiger partial charge in [-0.1, -0.05) is 48.9 Å². The van der Waals surface area contributed by atoms with Crippen LogP contribution >= 0.6 is 35.6 Å². The Bertz CT molecular complexity index is 977. The number of aryl methyl sites for hydroxylation is 1. The molecule has 0 amide bonds. The minimum absolute atomic E-state index is 0. The number of halogens is 2. The van der Waals surface area contributed by atoms with Crippen molar-refractivity contribution in [2.45, 2.75) is 32.9 Å². The molecule has 0 saturated carbocycles. The van der Waals surface area contributed by atoms with Crippen LogP contribution in [0.1, 0.15) is 23.9 Å². The molecule has 0 aliphatic rings. The number of aromatic nitrogens is 3. The Morgan fingerprint density at radius 3 is 2.56 bits per heavy atom. The maximum atomic E-state index is 6.28. The first kappa shape index (κ1) is 25.9. The molecule has 1 aromatic heterocycles. The van der Waals surface area contributed by atoms with Crippen LogP contribution in [0.4, 0.5) is 0 Å². The third-order valence-electron chi connectivity index (χ3n) is 4.89. The van der Waals surface area contributed by atoms with E-state index in [0.717, 1.165) is 54.1 Å². The largest absolute Gasteiger partial charge is 0.497 e. The first-order valence-corrected chi connectivity index (χ1v) is 10.8. The molecule has 0 fully saturated rings. The average molecular weight is 569 g/mol. The molecule has 0 bridgehead atoms. The van der Waals surface area contributed by atoms with Gasteiger partial charge in [-0.25, -0.2) is 4.99 Å². The van der Waals surface area contributed by atoms with Gasteiger partial charge >= 0.3 is 0 Å². The Morgan fingerprint density at radius 1 is 1.09 bits per heavy atom. The van der Waals surface area contributed by atoms with E-state index >= 15 is 0 Å². The topological polar surface area (TPSA) is 76.4 Å². The van der Waals surface area contributed by atoms with Gasteiger partial charge in [-0.15, -0.1) is 34.2 Å². The molecule has 3 rings (SSSR count). The van der Waals surface area contributed by atoms with Gasteiger partial charge in [0.2, 0.25) is 0 Å². The Hall–Kier alpha value is -2.33. The smallest absolute Gasteiger partial charge is 0.191 e. The molecule has 0 unspecified atom stereocenters. The van der Waals surface area contributed by atoms with Gasteiger partial charge in [0.1, 0.15) is 17.9 Å². The number of guanidine groups is 1. The number of hydrogen-bond acceptors (Lipinski definition) is 4. The van der Waals surface area contributed by atoms with Gasteiger partial charge in [0.05, 0.1) is 13.7 Å². The van der Waals surface area contributed by atoms with Crippen LogP contribution in [0.25, 0.3) is 0 Å². The van der Waals surface area contributed by atoms with Crippen LogP contribution in [0.3, 0.4) is 0 Å². The highest BCUT2D eigenvalue weighted by Crippen LogP contribution is 2.15. The van der Waals surface area contributed by atoms with Gasteiger partial charge in [-0.3, -0.25) is 0 Å². The minimum atomic E-state index is 0. The molecule has 32 heavy (non-hydrogen) atoms. The van der Waals surface area contributed by atoms with Gasteiger partial charge in [0, 0.05) is 31.1 Å². The zero-order valence-electron chi connectivity index (χ0n) is 18.4. The molecule has 3 aromatic rings. The standard InChI is InChI=1S/C23H29ClN6O.HI/c1-3-22-29-28-17-30(22)15-14-26-23(27-16-19-6-4-5-7-21(19)24)25-13-12-18-8-10-20(31-2)11-9-18;/h4-11,17H,3,12-16H2,1-2H3,(H2,25,26,27);1H.